The first kappa shape index (κ1) is 11.1. The van der Waals surface area contributed by atoms with E-state index in [0.717, 1.165) is 12.8 Å². The second-order valence-electron chi connectivity index (χ2n) is 5.88. The highest BCUT2D eigenvalue weighted by Gasteiger charge is 2.42. The number of rotatable bonds is 2. The minimum Gasteiger partial charge on any atom is -0.355 e. The van der Waals surface area contributed by atoms with Gasteiger partial charge < -0.3 is 9.88 Å². The number of nitrogens with one attached hydrogen (secondary N) is 1. The number of nitrogens with zero attached hydrogens (tertiary/aromatic N) is 1. The molecule has 1 amide bonds. The molecule has 1 fully saturated rings. The van der Waals surface area contributed by atoms with E-state index < -0.39 is 0 Å². The number of amides is 1. The average molecular weight is 254 g/mol. The van der Waals surface area contributed by atoms with Crippen molar-refractivity contribution in [1.29, 1.82) is 0 Å². The van der Waals surface area contributed by atoms with Crippen molar-refractivity contribution < 1.29 is 4.79 Å². The molecule has 0 spiro atoms. The molecule has 1 heterocycles. The molecular weight excluding hydrogens is 236 g/mol. The molecule has 1 N–H and O–H groups in total. The van der Waals surface area contributed by atoms with Gasteiger partial charge in [0.1, 0.15) is 0 Å². The first-order valence-corrected chi connectivity index (χ1v) is 7.08. The monoisotopic (exact) mass is 254 g/mol. The molecule has 2 aromatic rings. The third-order valence-corrected chi connectivity index (χ3v) is 5.08. The topological polar surface area (TPSA) is 34.0 Å². The van der Waals surface area contributed by atoms with Gasteiger partial charge in [0.25, 0.3) is 0 Å². The number of hydrogen-bond donors (Lipinski definition) is 1. The minimum absolute atomic E-state index is 0.326. The van der Waals surface area contributed by atoms with Gasteiger partial charge in [-0.25, -0.2) is 0 Å². The van der Waals surface area contributed by atoms with E-state index >= 15 is 0 Å². The summed E-state index contributed by atoms with van der Waals surface area (Å²) in [7, 11) is 2.17. The molecule has 3 heteroatoms. The zero-order valence-corrected chi connectivity index (χ0v) is 11.1. The van der Waals surface area contributed by atoms with E-state index in [1.54, 1.807) is 5.56 Å². The smallest absolute Gasteiger partial charge is 0.207 e. The summed E-state index contributed by atoms with van der Waals surface area (Å²) in [4.78, 5) is 10.8. The Kier molecular flexibility index (Phi) is 2.25. The van der Waals surface area contributed by atoms with Crippen LogP contribution in [0.15, 0.2) is 24.3 Å². The summed E-state index contributed by atoms with van der Waals surface area (Å²) >= 11 is 0. The van der Waals surface area contributed by atoms with Crippen molar-refractivity contribution in [3.8, 4) is 0 Å². The summed E-state index contributed by atoms with van der Waals surface area (Å²) in [5.41, 5.74) is 4.34. The predicted octanol–water partition coefficient (Wildman–Crippen LogP) is 2.66. The first-order valence-electron chi connectivity index (χ1n) is 7.08. The normalized spacial score (nSPS) is 28.4. The molecule has 5 rings (SSSR count). The lowest BCUT2D eigenvalue weighted by Crippen LogP contribution is -2.43. The van der Waals surface area contributed by atoms with E-state index in [-0.39, 0.29) is 0 Å². The van der Waals surface area contributed by atoms with Crippen molar-refractivity contribution in [3.63, 3.8) is 0 Å². The Labute approximate surface area is 112 Å². The number of benzene rings is 1. The van der Waals surface area contributed by atoms with Crippen LogP contribution in [0.1, 0.15) is 42.4 Å². The quantitative estimate of drug-likeness (QED) is 0.821. The van der Waals surface area contributed by atoms with Crippen LogP contribution in [0.5, 0.6) is 0 Å². The maximum Gasteiger partial charge on any atom is 0.207 e. The van der Waals surface area contributed by atoms with Gasteiger partial charge in [0.05, 0.1) is 0 Å². The van der Waals surface area contributed by atoms with Gasteiger partial charge in [-0.3, -0.25) is 4.79 Å². The Morgan fingerprint density at radius 3 is 3.00 bits per heavy atom. The van der Waals surface area contributed by atoms with Gasteiger partial charge in [-0.05, 0) is 36.8 Å². The Bertz CT molecular complexity index is 658. The van der Waals surface area contributed by atoms with E-state index in [1.807, 2.05) is 0 Å². The van der Waals surface area contributed by atoms with Crippen LogP contribution in [-0.4, -0.2) is 17.0 Å². The highest BCUT2D eigenvalue weighted by atomic mass is 16.1. The Morgan fingerprint density at radius 1 is 1.32 bits per heavy atom. The summed E-state index contributed by atoms with van der Waals surface area (Å²) in [5, 5.41) is 4.45. The molecule has 2 bridgehead atoms. The predicted molar refractivity (Wildman–Crippen MR) is 75.2 cm³/mol. The number of carbonyl (C=O) groups excluding carboxylic acids is 1. The van der Waals surface area contributed by atoms with Crippen LogP contribution in [-0.2, 0) is 11.8 Å². The van der Waals surface area contributed by atoms with Gasteiger partial charge in [-0.15, -0.1) is 0 Å². The fourth-order valence-corrected chi connectivity index (χ4v) is 4.35. The van der Waals surface area contributed by atoms with Gasteiger partial charge in [0.2, 0.25) is 6.41 Å². The van der Waals surface area contributed by atoms with Crippen molar-refractivity contribution in [2.75, 3.05) is 0 Å². The zero-order valence-electron chi connectivity index (χ0n) is 11.1. The lowest BCUT2D eigenvalue weighted by atomic mass is 9.66. The maximum absolute atomic E-state index is 10.8. The molecule has 0 saturated heterocycles. The van der Waals surface area contributed by atoms with Crippen LogP contribution in [0.4, 0.5) is 0 Å². The lowest BCUT2D eigenvalue weighted by Gasteiger charge is -2.42. The van der Waals surface area contributed by atoms with Crippen molar-refractivity contribution >= 4 is 17.3 Å². The fourth-order valence-electron chi connectivity index (χ4n) is 4.35. The molecular formula is C16H18N2O. The van der Waals surface area contributed by atoms with Crippen LogP contribution >= 0.6 is 0 Å². The molecule has 0 aliphatic heterocycles. The maximum atomic E-state index is 10.8. The van der Waals surface area contributed by atoms with E-state index in [4.69, 9.17) is 0 Å². The lowest BCUT2D eigenvalue weighted by molar-refractivity contribution is -0.110. The van der Waals surface area contributed by atoms with Crippen LogP contribution in [0.25, 0.3) is 10.9 Å². The summed E-state index contributed by atoms with van der Waals surface area (Å²) in [6, 6.07) is 9.02. The number of aryl methyl sites for hydroxylation is 1. The van der Waals surface area contributed by atoms with Crippen LogP contribution in [0.3, 0.4) is 0 Å². The molecule has 1 aromatic carbocycles. The van der Waals surface area contributed by atoms with Gasteiger partial charge in [-0.2, -0.15) is 0 Å². The van der Waals surface area contributed by atoms with Gasteiger partial charge >= 0.3 is 0 Å². The number of fused-ring (bicyclic) bond motifs is 3. The molecule has 98 valence electrons. The minimum atomic E-state index is 0.326. The average Bonchev–Trinajstić information content (AvgIpc) is 2.76. The SMILES string of the molecule is Cn1c2c(c3ccccc31)C1CCC2C(NC=O)C1. The highest BCUT2D eigenvalue weighted by molar-refractivity contribution is 5.87. The molecule has 3 aliphatic carbocycles. The molecule has 1 saturated carbocycles. The van der Waals surface area contributed by atoms with Crippen molar-refractivity contribution in [1.82, 2.24) is 9.88 Å². The molecule has 19 heavy (non-hydrogen) atoms. The third-order valence-electron chi connectivity index (χ3n) is 5.08. The standard InChI is InChI=1S/C16H18N2O/c1-18-14-5-3-2-4-12(14)15-10-6-7-11(16(15)18)13(8-10)17-9-19/h2-5,9-11,13H,6-8H2,1H3,(H,17,19). The summed E-state index contributed by atoms with van der Waals surface area (Å²) in [6.45, 7) is 0. The van der Waals surface area contributed by atoms with E-state index in [9.17, 15) is 4.79 Å². The van der Waals surface area contributed by atoms with Crippen LogP contribution in [0.2, 0.25) is 0 Å². The largest absolute Gasteiger partial charge is 0.355 e. The first-order chi connectivity index (χ1) is 9.31. The number of para-hydroxylation sites is 1. The van der Waals surface area contributed by atoms with E-state index in [1.165, 1.54) is 29.4 Å². The number of hydrogen-bond acceptors (Lipinski definition) is 1. The molecule has 3 unspecified atom stereocenters. The van der Waals surface area contributed by atoms with Gasteiger partial charge in [0.15, 0.2) is 0 Å². The molecule has 3 atom stereocenters. The van der Waals surface area contributed by atoms with Crippen molar-refractivity contribution in [3.05, 3.63) is 35.5 Å². The highest BCUT2D eigenvalue weighted by Crippen LogP contribution is 2.52. The van der Waals surface area contributed by atoms with E-state index in [0.29, 0.717) is 17.9 Å². The third kappa shape index (κ3) is 1.36. The molecule has 3 aliphatic rings. The summed E-state index contributed by atoms with van der Waals surface area (Å²) in [5.74, 6) is 1.10. The Morgan fingerprint density at radius 2 is 2.16 bits per heavy atom. The molecule has 3 nitrogen and oxygen atoms in total. The number of aromatic nitrogens is 1. The Balaban J connectivity index is 1.97. The molecule has 0 radical (unpaired) electrons. The second kappa shape index (κ2) is 3.86. The summed E-state index contributed by atoms with van der Waals surface area (Å²) < 4.78 is 2.35. The van der Waals surface area contributed by atoms with Gasteiger partial charge in [-0.1, -0.05) is 18.2 Å². The second-order valence-corrected chi connectivity index (χ2v) is 5.88. The van der Waals surface area contributed by atoms with Crippen molar-refractivity contribution in [2.24, 2.45) is 7.05 Å². The Hall–Kier alpha value is -1.77. The molecule has 1 aromatic heterocycles. The summed E-state index contributed by atoms with van der Waals surface area (Å²) in [6.07, 6.45) is 4.44. The number of carbonyl (C=O) groups is 1. The zero-order chi connectivity index (χ0) is 13.0. The van der Waals surface area contributed by atoms with E-state index in [2.05, 4.69) is 41.2 Å². The fraction of sp³-hybridized carbons (Fsp3) is 0.438. The van der Waals surface area contributed by atoms with Crippen LogP contribution in [0, 0.1) is 0 Å². The van der Waals surface area contributed by atoms with Gasteiger partial charge in [0, 0.05) is 35.6 Å². The van der Waals surface area contributed by atoms with Crippen molar-refractivity contribution in [2.45, 2.75) is 37.1 Å². The van der Waals surface area contributed by atoms with Crippen LogP contribution < -0.4 is 5.32 Å².